The molecule has 2 aromatic rings. The van der Waals surface area contributed by atoms with Crippen molar-refractivity contribution in [2.75, 3.05) is 11.9 Å². The molecule has 0 aromatic carbocycles. The van der Waals surface area contributed by atoms with E-state index in [9.17, 15) is 4.79 Å². The zero-order valence-electron chi connectivity index (χ0n) is 12.7. The molecule has 0 fully saturated rings. The minimum absolute atomic E-state index is 0.343. The molecule has 0 aliphatic heterocycles. The van der Waals surface area contributed by atoms with E-state index in [1.54, 1.807) is 25.2 Å². The van der Waals surface area contributed by atoms with Crippen LogP contribution in [-0.4, -0.2) is 22.5 Å². The Morgan fingerprint density at radius 3 is 2.71 bits per heavy atom. The average Bonchev–Trinajstić information content (AvgIpc) is 2.76. The Bertz CT molecular complexity index is 633. The van der Waals surface area contributed by atoms with E-state index in [-0.39, 0.29) is 5.97 Å². The van der Waals surface area contributed by atoms with Crippen molar-refractivity contribution in [1.29, 1.82) is 0 Å². The van der Waals surface area contributed by atoms with Crippen LogP contribution < -0.4 is 5.32 Å². The Kier molecular flexibility index (Phi) is 4.90. The number of carbonyl (C=O) groups excluding carboxylic acids is 1. The summed E-state index contributed by atoms with van der Waals surface area (Å²) in [5, 5.41) is 3.18. The molecule has 0 unspecified atom stereocenters. The van der Waals surface area contributed by atoms with Gasteiger partial charge in [0.05, 0.1) is 24.4 Å². The van der Waals surface area contributed by atoms with Crippen LogP contribution in [0, 0.1) is 20.8 Å². The van der Waals surface area contributed by atoms with Crippen molar-refractivity contribution in [3.05, 3.63) is 38.8 Å². The van der Waals surface area contributed by atoms with Crippen molar-refractivity contribution in [2.24, 2.45) is 0 Å². The quantitative estimate of drug-likeness (QED) is 0.859. The van der Waals surface area contributed by atoms with Crippen LogP contribution in [0.5, 0.6) is 0 Å². The molecule has 0 saturated heterocycles. The minimum Gasteiger partial charge on any atom is -0.462 e. The molecule has 5 nitrogen and oxygen atoms in total. The van der Waals surface area contributed by atoms with Crippen molar-refractivity contribution in [1.82, 2.24) is 9.97 Å². The van der Waals surface area contributed by atoms with Crippen molar-refractivity contribution < 1.29 is 9.53 Å². The van der Waals surface area contributed by atoms with Gasteiger partial charge >= 0.3 is 5.97 Å². The van der Waals surface area contributed by atoms with E-state index in [0.29, 0.717) is 30.4 Å². The van der Waals surface area contributed by atoms with Gasteiger partial charge in [0.15, 0.2) is 0 Å². The number of nitrogens with zero attached hydrogens (tertiary/aromatic N) is 2. The van der Waals surface area contributed by atoms with E-state index in [1.807, 2.05) is 0 Å². The molecule has 0 amide bonds. The molecule has 0 aliphatic rings. The standard InChI is InChI=1S/C15H19N3O2S/c1-5-20-14(19)13-8-17-15(18-10(13)3)16-7-12-6-9(2)11(4)21-12/h6,8H,5,7H2,1-4H3,(H,16,17,18). The van der Waals surface area contributed by atoms with E-state index >= 15 is 0 Å². The first-order valence-electron chi connectivity index (χ1n) is 6.81. The molecule has 0 bridgehead atoms. The number of hydrogen-bond donors (Lipinski definition) is 1. The van der Waals surface area contributed by atoms with E-state index in [1.165, 1.54) is 21.5 Å². The second-order valence-electron chi connectivity index (χ2n) is 4.72. The molecule has 0 atom stereocenters. The monoisotopic (exact) mass is 305 g/mol. The highest BCUT2D eigenvalue weighted by atomic mass is 32.1. The predicted molar refractivity (Wildman–Crippen MR) is 83.8 cm³/mol. The number of rotatable bonds is 5. The summed E-state index contributed by atoms with van der Waals surface area (Å²) in [6.07, 6.45) is 1.51. The summed E-state index contributed by atoms with van der Waals surface area (Å²) < 4.78 is 4.96. The maximum atomic E-state index is 11.7. The summed E-state index contributed by atoms with van der Waals surface area (Å²) >= 11 is 1.76. The Hall–Kier alpha value is -1.95. The second-order valence-corrected chi connectivity index (χ2v) is 6.06. The Morgan fingerprint density at radius 2 is 2.14 bits per heavy atom. The Balaban J connectivity index is 2.04. The molecule has 6 heteroatoms. The minimum atomic E-state index is -0.383. The SMILES string of the molecule is CCOC(=O)c1cnc(NCc2cc(C)c(C)s2)nc1C. The molecule has 0 spiro atoms. The second kappa shape index (κ2) is 6.67. The van der Waals surface area contributed by atoms with Crippen molar-refractivity contribution in [3.63, 3.8) is 0 Å². The fourth-order valence-electron chi connectivity index (χ4n) is 1.86. The molecule has 2 rings (SSSR count). The van der Waals surface area contributed by atoms with E-state index < -0.39 is 0 Å². The summed E-state index contributed by atoms with van der Waals surface area (Å²) in [5.74, 6) is 0.135. The van der Waals surface area contributed by atoms with Gasteiger partial charge in [0.25, 0.3) is 0 Å². The molecular weight excluding hydrogens is 286 g/mol. The summed E-state index contributed by atoms with van der Waals surface area (Å²) in [5.41, 5.74) is 2.32. The van der Waals surface area contributed by atoms with Crippen LogP contribution in [0.15, 0.2) is 12.3 Å². The lowest BCUT2D eigenvalue weighted by molar-refractivity contribution is 0.0524. The lowest BCUT2D eigenvalue weighted by Crippen LogP contribution is -2.11. The highest BCUT2D eigenvalue weighted by molar-refractivity contribution is 7.12. The zero-order valence-corrected chi connectivity index (χ0v) is 13.5. The van der Waals surface area contributed by atoms with Gasteiger partial charge in [-0.05, 0) is 39.3 Å². The van der Waals surface area contributed by atoms with Gasteiger partial charge in [0.1, 0.15) is 0 Å². The van der Waals surface area contributed by atoms with Gasteiger partial charge in [-0.3, -0.25) is 0 Å². The smallest absolute Gasteiger partial charge is 0.341 e. The largest absolute Gasteiger partial charge is 0.462 e. The van der Waals surface area contributed by atoms with Gasteiger partial charge < -0.3 is 10.1 Å². The third-order valence-electron chi connectivity index (χ3n) is 3.11. The van der Waals surface area contributed by atoms with Crippen LogP contribution in [0.2, 0.25) is 0 Å². The number of aromatic nitrogens is 2. The van der Waals surface area contributed by atoms with Gasteiger partial charge in [0, 0.05) is 16.0 Å². The van der Waals surface area contributed by atoms with Gasteiger partial charge in [-0.1, -0.05) is 0 Å². The number of esters is 1. The topological polar surface area (TPSA) is 64.1 Å². The normalized spacial score (nSPS) is 10.5. The summed E-state index contributed by atoms with van der Waals surface area (Å²) in [4.78, 5) is 22.7. The molecule has 2 aromatic heterocycles. The Labute approximate surface area is 128 Å². The zero-order chi connectivity index (χ0) is 15.4. The third-order valence-corrected chi connectivity index (χ3v) is 4.26. The number of aryl methyl sites for hydroxylation is 3. The van der Waals surface area contributed by atoms with Gasteiger partial charge in [-0.15, -0.1) is 11.3 Å². The molecule has 2 heterocycles. The summed E-state index contributed by atoms with van der Waals surface area (Å²) in [7, 11) is 0. The molecule has 0 radical (unpaired) electrons. The van der Waals surface area contributed by atoms with Gasteiger partial charge in [-0.2, -0.15) is 0 Å². The maximum Gasteiger partial charge on any atom is 0.341 e. The fraction of sp³-hybridized carbons (Fsp3) is 0.400. The van der Waals surface area contributed by atoms with Crippen LogP contribution in [0.4, 0.5) is 5.95 Å². The van der Waals surface area contributed by atoms with E-state index in [0.717, 1.165) is 0 Å². The predicted octanol–water partition coefficient (Wildman–Crippen LogP) is 3.25. The van der Waals surface area contributed by atoms with Crippen molar-refractivity contribution in [2.45, 2.75) is 34.2 Å². The molecular formula is C15H19N3O2S. The highest BCUT2D eigenvalue weighted by Gasteiger charge is 2.12. The number of nitrogens with one attached hydrogen (secondary N) is 1. The molecule has 1 N–H and O–H groups in total. The first-order chi connectivity index (χ1) is 10.0. The average molecular weight is 305 g/mol. The molecule has 21 heavy (non-hydrogen) atoms. The number of thiophene rings is 1. The number of hydrogen-bond acceptors (Lipinski definition) is 6. The van der Waals surface area contributed by atoms with Crippen molar-refractivity contribution in [3.8, 4) is 0 Å². The van der Waals surface area contributed by atoms with Crippen LogP contribution >= 0.6 is 11.3 Å². The van der Waals surface area contributed by atoms with Gasteiger partial charge in [-0.25, -0.2) is 14.8 Å². The first kappa shape index (κ1) is 15.4. The molecule has 0 aliphatic carbocycles. The van der Waals surface area contributed by atoms with Crippen molar-refractivity contribution >= 4 is 23.3 Å². The van der Waals surface area contributed by atoms with Crippen LogP contribution in [0.25, 0.3) is 0 Å². The maximum absolute atomic E-state index is 11.7. The molecule has 0 saturated carbocycles. The third kappa shape index (κ3) is 3.78. The molecule has 112 valence electrons. The lowest BCUT2D eigenvalue weighted by atomic mass is 10.2. The van der Waals surface area contributed by atoms with Crippen LogP contribution in [-0.2, 0) is 11.3 Å². The summed E-state index contributed by atoms with van der Waals surface area (Å²) in [6, 6.07) is 2.16. The van der Waals surface area contributed by atoms with Crippen LogP contribution in [0.3, 0.4) is 0 Å². The first-order valence-corrected chi connectivity index (χ1v) is 7.63. The van der Waals surface area contributed by atoms with Gasteiger partial charge in [0.2, 0.25) is 5.95 Å². The van der Waals surface area contributed by atoms with E-state index in [4.69, 9.17) is 4.74 Å². The van der Waals surface area contributed by atoms with Crippen LogP contribution in [0.1, 0.15) is 38.3 Å². The number of carbonyl (C=O) groups is 1. The highest BCUT2D eigenvalue weighted by Crippen LogP contribution is 2.21. The Morgan fingerprint density at radius 1 is 1.38 bits per heavy atom. The van der Waals surface area contributed by atoms with E-state index in [2.05, 4.69) is 35.2 Å². The number of ether oxygens (including phenoxy) is 1. The lowest BCUT2D eigenvalue weighted by Gasteiger charge is -2.07. The summed E-state index contributed by atoms with van der Waals surface area (Å²) in [6.45, 7) is 8.78. The number of anilines is 1. The fourth-order valence-corrected chi connectivity index (χ4v) is 2.86.